The highest BCUT2D eigenvalue weighted by molar-refractivity contribution is 5.85. The van der Waals surface area contributed by atoms with E-state index in [9.17, 15) is 4.79 Å². The van der Waals surface area contributed by atoms with Crippen molar-refractivity contribution in [2.24, 2.45) is 5.92 Å². The fourth-order valence-corrected chi connectivity index (χ4v) is 3.18. The summed E-state index contributed by atoms with van der Waals surface area (Å²) in [6.07, 6.45) is 1.33. The third-order valence-electron chi connectivity index (χ3n) is 4.71. The fraction of sp³-hybridized carbons (Fsp3) is 0.524. The van der Waals surface area contributed by atoms with Crippen LogP contribution in [0, 0.1) is 19.8 Å². The van der Waals surface area contributed by atoms with Crippen molar-refractivity contribution in [3.63, 3.8) is 0 Å². The molecule has 0 radical (unpaired) electrons. The quantitative estimate of drug-likeness (QED) is 0.517. The number of rotatable bonds is 9. The summed E-state index contributed by atoms with van der Waals surface area (Å²) in [6.45, 7) is 9.63. The number of aryl methyl sites for hydroxylation is 2. The van der Waals surface area contributed by atoms with Crippen LogP contribution < -0.4 is 15.4 Å². The SMILES string of the molecule is COc1cc2c(cc1C)nc(NCCCCNC(=O)OCC(C)C)c1nnc(C)n12. The van der Waals surface area contributed by atoms with Crippen LogP contribution in [0.3, 0.4) is 0 Å². The van der Waals surface area contributed by atoms with Gasteiger partial charge in [0.2, 0.25) is 5.65 Å². The summed E-state index contributed by atoms with van der Waals surface area (Å²) < 4.78 is 12.5. The van der Waals surface area contributed by atoms with Crippen molar-refractivity contribution in [2.45, 2.75) is 40.5 Å². The lowest BCUT2D eigenvalue weighted by molar-refractivity contribution is 0.133. The molecule has 1 aromatic carbocycles. The van der Waals surface area contributed by atoms with Crippen LogP contribution in [0.4, 0.5) is 10.6 Å². The predicted molar refractivity (Wildman–Crippen MR) is 116 cm³/mol. The second kappa shape index (κ2) is 9.60. The number of methoxy groups -OCH3 is 1. The first kappa shape index (κ1) is 21.6. The van der Waals surface area contributed by atoms with Gasteiger partial charge in [0.1, 0.15) is 11.6 Å². The van der Waals surface area contributed by atoms with Gasteiger partial charge >= 0.3 is 6.09 Å². The molecule has 0 fully saturated rings. The molecule has 1 amide bonds. The summed E-state index contributed by atoms with van der Waals surface area (Å²) in [5.74, 6) is 2.61. The van der Waals surface area contributed by atoms with Gasteiger partial charge in [0.25, 0.3) is 0 Å². The molecule has 0 aliphatic rings. The Hall–Kier alpha value is -3.10. The van der Waals surface area contributed by atoms with Crippen LogP contribution in [-0.2, 0) is 4.74 Å². The third kappa shape index (κ3) is 4.90. The van der Waals surface area contributed by atoms with Gasteiger partial charge in [-0.05, 0) is 44.2 Å². The zero-order chi connectivity index (χ0) is 21.7. The van der Waals surface area contributed by atoms with Gasteiger partial charge in [0.15, 0.2) is 5.82 Å². The van der Waals surface area contributed by atoms with Gasteiger partial charge in [0, 0.05) is 19.2 Å². The summed E-state index contributed by atoms with van der Waals surface area (Å²) in [5.41, 5.74) is 3.45. The Morgan fingerprint density at radius 2 is 1.93 bits per heavy atom. The molecule has 2 heterocycles. The number of nitrogens with one attached hydrogen (secondary N) is 2. The molecular weight excluding hydrogens is 384 g/mol. The van der Waals surface area contributed by atoms with E-state index in [1.807, 2.05) is 44.2 Å². The van der Waals surface area contributed by atoms with E-state index in [0.29, 0.717) is 37.1 Å². The molecule has 0 unspecified atom stereocenters. The Labute approximate surface area is 176 Å². The maximum Gasteiger partial charge on any atom is 0.407 e. The molecule has 2 N–H and O–H groups in total. The highest BCUT2D eigenvalue weighted by atomic mass is 16.5. The van der Waals surface area contributed by atoms with Crippen molar-refractivity contribution < 1.29 is 14.3 Å². The number of benzene rings is 1. The lowest BCUT2D eigenvalue weighted by Gasteiger charge is -2.12. The summed E-state index contributed by atoms with van der Waals surface area (Å²) in [4.78, 5) is 16.3. The molecule has 0 saturated carbocycles. The van der Waals surface area contributed by atoms with E-state index in [0.717, 1.165) is 41.0 Å². The van der Waals surface area contributed by atoms with Crippen molar-refractivity contribution in [2.75, 3.05) is 32.1 Å². The van der Waals surface area contributed by atoms with Gasteiger partial charge in [0.05, 0.1) is 24.8 Å². The molecule has 162 valence electrons. The smallest absolute Gasteiger partial charge is 0.407 e. The number of nitrogens with zero attached hydrogens (tertiary/aromatic N) is 4. The first-order chi connectivity index (χ1) is 14.4. The Kier molecular flexibility index (Phi) is 6.91. The van der Waals surface area contributed by atoms with Crippen LogP contribution in [0.2, 0.25) is 0 Å². The Morgan fingerprint density at radius 1 is 1.17 bits per heavy atom. The van der Waals surface area contributed by atoms with Crippen LogP contribution in [0.1, 0.15) is 38.1 Å². The van der Waals surface area contributed by atoms with E-state index in [4.69, 9.17) is 14.5 Å². The van der Waals surface area contributed by atoms with Crippen molar-refractivity contribution in [3.05, 3.63) is 23.5 Å². The molecular formula is C21H30N6O3. The van der Waals surface area contributed by atoms with E-state index < -0.39 is 0 Å². The largest absolute Gasteiger partial charge is 0.496 e. The number of carbonyl (C=O) groups excluding carboxylic acids is 1. The molecule has 30 heavy (non-hydrogen) atoms. The van der Waals surface area contributed by atoms with E-state index >= 15 is 0 Å². The number of hydrogen-bond acceptors (Lipinski definition) is 7. The minimum absolute atomic E-state index is 0.330. The average molecular weight is 415 g/mol. The standard InChI is InChI=1S/C21H30N6O3/c1-13(2)12-30-21(28)23-9-7-6-8-22-19-20-26-25-15(4)27(20)17-11-18(29-5)14(3)10-16(17)24-19/h10-11,13H,6-9,12H2,1-5H3,(H,22,24)(H,23,28). The molecule has 3 rings (SSSR count). The molecule has 0 bridgehead atoms. The summed E-state index contributed by atoms with van der Waals surface area (Å²) in [5, 5.41) is 14.6. The number of aromatic nitrogens is 4. The van der Waals surface area contributed by atoms with Crippen molar-refractivity contribution >= 4 is 28.6 Å². The lowest BCUT2D eigenvalue weighted by Crippen LogP contribution is -2.26. The minimum atomic E-state index is -0.362. The molecule has 9 nitrogen and oxygen atoms in total. The highest BCUT2D eigenvalue weighted by Crippen LogP contribution is 2.28. The first-order valence-electron chi connectivity index (χ1n) is 10.2. The lowest BCUT2D eigenvalue weighted by atomic mass is 10.2. The second-order valence-corrected chi connectivity index (χ2v) is 7.73. The van der Waals surface area contributed by atoms with E-state index in [1.54, 1.807) is 7.11 Å². The average Bonchev–Trinajstić information content (AvgIpc) is 3.10. The number of fused-ring (bicyclic) bond motifs is 3. The molecule has 2 aromatic heterocycles. The van der Waals surface area contributed by atoms with Gasteiger partial charge < -0.3 is 20.1 Å². The molecule has 0 saturated heterocycles. The van der Waals surface area contributed by atoms with Gasteiger partial charge in [-0.15, -0.1) is 10.2 Å². The number of amides is 1. The van der Waals surface area contributed by atoms with Crippen molar-refractivity contribution in [1.29, 1.82) is 0 Å². The molecule has 9 heteroatoms. The Morgan fingerprint density at radius 3 is 2.67 bits per heavy atom. The van der Waals surface area contributed by atoms with Crippen LogP contribution in [0.5, 0.6) is 5.75 Å². The molecule has 3 aromatic rings. The number of carbonyl (C=O) groups is 1. The number of ether oxygens (including phenoxy) is 2. The third-order valence-corrected chi connectivity index (χ3v) is 4.71. The predicted octanol–water partition coefficient (Wildman–Crippen LogP) is 3.48. The van der Waals surface area contributed by atoms with Crippen molar-refractivity contribution in [1.82, 2.24) is 24.9 Å². The number of alkyl carbamates (subject to hydrolysis) is 1. The van der Waals surface area contributed by atoms with Gasteiger partial charge in [-0.2, -0.15) is 0 Å². The zero-order valence-electron chi connectivity index (χ0n) is 18.3. The summed E-state index contributed by atoms with van der Waals surface area (Å²) in [6, 6.07) is 3.97. The van der Waals surface area contributed by atoms with Crippen LogP contribution in [-0.4, -0.2) is 52.5 Å². The number of unbranched alkanes of at least 4 members (excludes halogenated alkanes) is 1. The monoisotopic (exact) mass is 414 g/mol. The van der Waals surface area contributed by atoms with E-state index in [-0.39, 0.29) is 6.09 Å². The minimum Gasteiger partial charge on any atom is -0.496 e. The second-order valence-electron chi connectivity index (χ2n) is 7.73. The highest BCUT2D eigenvalue weighted by Gasteiger charge is 2.14. The topological polar surface area (TPSA) is 103 Å². The van der Waals surface area contributed by atoms with Gasteiger partial charge in [-0.3, -0.25) is 4.40 Å². The normalized spacial score (nSPS) is 11.3. The Balaban J connectivity index is 1.63. The number of anilines is 1. The van der Waals surface area contributed by atoms with Crippen molar-refractivity contribution in [3.8, 4) is 5.75 Å². The van der Waals surface area contributed by atoms with E-state index in [2.05, 4.69) is 20.8 Å². The van der Waals surface area contributed by atoms with Gasteiger partial charge in [-0.1, -0.05) is 13.8 Å². The number of hydrogen-bond donors (Lipinski definition) is 2. The van der Waals surface area contributed by atoms with E-state index in [1.165, 1.54) is 0 Å². The molecule has 0 atom stereocenters. The molecule has 0 aliphatic heterocycles. The van der Waals surface area contributed by atoms with Crippen LogP contribution in [0.25, 0.3) is 16.7 Å². The first-order valence-corrected chi connectivity index (χ1v) is 10.2. The maximum absolute atomic E-state index is 11.6. The van der Waals surface area contributed by atoms with Crippen LogP contribution in [0.15, 0.2) is 12.1 Å². The summed E-state index contributed by atoms with van der Waals surface area (Å²) in [7, 11) is 1.66. The zero-order valence-corrected chi connectivity index (χ0v) is 18.3. The molecule has 0 aliphatic carbocycles. The maximum atomic E-state index is 11.6. The Bertz CT molecular complexity index is 1030. The molecule has 0 spiro atoms. The summed E-state index contributed by atoms with van der Waals surface area (Å²) >= 11 is 0. The van der Waals surface area contributed by atoms with Crippen LogP contribution >= 0.6 is 0 Å². The fourth-order valence-electron chi connectivity index (χ4n) is 3.18. The van der Waals surface area contributed by atoms with Gasteiger partial charge in [-0.25, -0.2) is 9.78 Å².